The summed E-state index contributed by atoms with van der Waals surface area (Å²) < 4.78 is 5.59. The number of nitrogens with one attached hydrogen (secondary N) is 1. The van der Waals surface area contributed by atoms with Crippen LogP contribution in [-0.4, -0.2) is 31.1 Å². The molecule has 0 saturated carbocycles. The fourth-order valence-corrected chi connectivity index (χ4v) is 3.38. The molecular weight excluding hydrogens is 284 g/mol. The summed E-state index contributed by atoms with van der Waals surface area (Å²) in [5.74, 6) is 0.923. The fourth-order valence-electron chi connectivity index (χ4n) is 3.38. The highest BCUT2D eigenvalue weighted by Crippen LogP contribution is 2.37. The molecule has 1 aromatic heterocycles. The van der Waals surface area contributed by atoms with Gasteiger partial charge in [0.05, 0.1) is 13.2 Å². The Bertz CT molecular complexity index is 804. The van der Waals surface area contributed by atoms with Crippen LogP contribution in [0, 0.1) is 0 Å². The summed E-state index contributed by atoms with van der Waals surface area (Å²) in [6.07, 6.45) is 3.17. The highest BCUT2D eigenvalue weighted by Gasteiger charge is 2.23. The Labute approximate surface area is 137 Å². The van der Waals surface area contributed by atoms with E-state index in [0.717, 1.165) is 12.2 Å². The van der Waals surface area contributed by atoms with Crippen molar-refractivity contribution in [2.24, 2.45) is 0 Å². The Morgan fingerprint density at radius 1 is 1.04 bits per heavy atom. The van der Waals surface area contributed by atoms with Gasteiger partial charge in [0.2, 0.25) is 0 Å². The van der Waals surface area contributed by atoms with E-state index in [4.69, 9.17) is 4.74 Å². The third-order valence-corrected chi connectivity index (χ3v) is 4.46. The van der Waals surface area contributed by atoms with Crippen LogP contribution in [0.1, 0.15) is 29.7 Å². The van der Waals surface area contributed by atoms with Crippen LogP contribution in [-0.2, 0) is 6.42 Å². The van der Waals surface area contributed by atoms with Crippen LogP contribution in [0.25, 0.3) is 10.9 Å². The first kappa shape index (κ1) is 15.6. The standard InChI is InChI=1S/C20H24N2O/c1-5-14-9-8-11-15-17(13-21-19(14)15)20(22(2)3)16-10-6-7-12-18(16)23-4/h6-13,20-21H,5H2,1-4H3. The van der Waals surface area contributed by atoms with Gasteiger partial charge in [0, 0.05) is 22.7 Å². The van der Waals surface area contributed by atoms with Gasteiger partial charge in [0.25, 0.3) is 0 Å². The molecule has 0 saturated heterocycles. The number of ether oxygens (including phenoxy) is 1. The molecule has 2 aromatic carbocycles. The minimum Gasteiger partial charge on any atom is -0.496 e. The minimum absolute atomic E-state index is 0.145. The second kappa shape index (κ2) is 6.47. The number of nitrogens with zero attached hydrogens (tertiary/aromatic N) is 1. The number of hydrogen-bond donors (Lipinski definition) is 1. The predicted molar refractivity (Wildman–Crippen MR) is 96.2 cm³/mol. The summed E-state index contributed by atoms with van der Waals surface area (Å²) in [6, 6.07) is 14.9. The zero-order valence-corrected chi connectivity index (χ0v) is 14.3. The number of methoxy groups -OCH3 is 1. The number of aryl methyl sites for hydroxylation is 1. The molecule has 0 aliphatic heterocycles. The largest absolute Gasteiger partial charge is 0.496 e. The fraction of sp³-hybridized carbons (Fsp3) is 0.300. The van der Waals surface area contributed by atoms with Gasteiger partial charge in [-0.2, -0.15) is 0 Å². The van der Waals surface area contributed by atoms with Gasteiger partial charge in [-0.3, -0.25) is 4.90 Å². The maximum Gasteiger partial charge on any atom is 0.123 e. The van der Waals surface area contributed by atoms with Crippen molar-refractivity contribution in [3.63, 3.8) is 0 Å². The van der Waals surface area contributed by atoms with Gasteiger partial charge in [-0.15, -0.1) is 0 Å². The maximum atomic E-state index is 5.59. The lowest BCUT2D eigenvalue weighted by Gasteiger charge is -2.26. The molecule has 3 rings (SSSR count). The summed E-state index contributed by atoms with van der Waals surface area (Å²) >= 11 is 0. The molecule has 0 radical (unpaired) electrons. The van der Waals surface area contributed by atoms with Crippen LogP contribution >= 0.6 is 0 Å². The molecule has 0 bridgehead atoms. The SMILES string of the molecule is CCc1cccc2c(C(c3ccccc3OC)N(C)C)c[nH]c12. The highest BCUT2D eigenvalue weighted by molar-refractivity contribution is 5.87. The van der Waals surface area contributed by atoms with Gasteiger partial charge in [-0.1, -0.05) is 43.3 Å². The number of fused-ring (bicyclic) bond motifs is 1. The van der Waals surface area contributed by atoms with Crippen molar-refractivity contribution in [3.05, 3.63) is 65.4 Å². The molecule has 23 heavy (non-hydrogen) atoms. The summed E-state index contributed by atoms with van der Waals surface area (Å²) in [5, 5.41) is 1.29. The number of aromatic nitrogens is 1. The third-order valence-electron chi connectivity index (χ3n) is 4.46. The molecule has 0 aliphatic carbocycles. The van der Waals surface area contributed by atoms with E-state index in [1.165, 1.54) is 27.6 Å². The first-order valence-corrected chi connectivity index (χ1v) is 8.05. The Kier molecular flexibility index (Phi) is 4.39. The van der Waals surface area contributed by atoms with Crippen LogP contribution in [0.4, 0.5) is 0 Å². The second-order valence-electron chi connectivity index (χ2n) is 6.05. The average molecular weight is 308 g/mol. The molecule has 0 aliphatic rings. The van der Waals surface area contributed by atoms with Gasteiger partial charge in [-0.05, 0) is 37.7 Å². The van der Waals surface area contributed by atoms with Gasteiger partial charge < -0.3 is 9.72 Å². The topological polar surface area (TPSA) is 28.3 Å². The predicted octanol–water partition coefficient (Wildman–Crippen LogP) is 4.39. The van der Waals surface area contributed by atoms with Gasteiger partial charge in [0.15, 0.2) is 0 Å². The third kappa shape index (κ3) is 2.73. The van der Waals surface area contributed by atoms with E-state index >= 15 is 0 Å². The van der Waals surface area contributed by atoms with Crippen LogP contribution in [0.5, 0.6) is 5.75 Å². The van der Waals surface area contributed by atoms with E-state index in [9.17, 15) is 0 Å². The Morgan fingerprint density at radius 3 is 2.52 bits per heavy atom. The van der Waals surface area contributed by atoms with Gasteiger partial charge >= 0.3 is 0 Å². The molecule has 0 fully saturated rings. The maximum absolute atomic E-state index is 5.59. The summed E-state index contributed by atoms with van der Waals surface area (Å²) in [7, 11) is 5.95. The monoisotopic (exact) mass is 308 g/mol. The summed E-state index contributed by atoms with van der Waals surface area (Å²) in [6.45, 7) is 2.19. The van der Waals surface area contributed by atoms with E-state index in [0.29, 0.717) is 0 Å². The minimum atomic E-state index is 0.145. The van der Waals surface area contributed by atoms with Crippen LogP contribution in [0.15, 0.2) is 48.7 Å². The Hall–Kier alpha value is -2.26. The van der Waals surface area contributed by atoms with Crippen LogP contribution in [0.3, 0.4) is 0 Å². The van der Waals surface area contributed by atoms with Crippen molar-refractivity contribution >= 4 is 10.9 Å². The van der Waals surface area contributed by atoms with Crippen molar-refractivity contribution in [1.82, 2.24) is 9.88 Å². The number of aromatic amines is 1. The first-order chi connectivity index (χ1) is 11.2. The molecule has 0 spiro atoms. The summed E-state index contributed by atoms with van der Waals surface area (Å²) in [5.41, 5.74) is 5.06. The van der Waals surface area contributed by atoms with E-state index in [1.54, 1.807) is 7.11 Å². The highest BCUT2D eigenvalue weighted by atomic mass is 16.5. The zero-order valence-electron chi connectivity index (χ0n) is 14.3. The van der Waals surface area contributed by atoms with Gasteiger partial charge in [0.1, 0.15) is 5.75 Å². The quantitative estimate of drug-likeness (QED) is 0.757. The van der Waals surface area contributed by atoms with Crippen molar-refractivity contribution in [2.75, 3.05) is 21.2 Å². The van der Waals surface area contributed by atoms with E-state index in [-0.39, 0.29) is 6.04 Å². The number of benzene rings is 2. The van der Waals surface area contributed by atoms with E-state index < -0.39 is 0 Å². The number of hydrogen-bond acceptors (Lipinski definition) is 2. The first-order valence-electron chi connectivity index (χ1n) is 8.05. The number of H-pyrrole nitrogens is 1. The van der Waals surface area contributed by atoms with Crippen molar-refractivity contribution in [2.45, 2.75) is 19.4 Å². The molecule has 1 atom stereocenters. The lowest BCUT2D eigenvalue weighted by molar-refractivity contribution is 0.328. The lowest BCUT2D eigenvalue weighted by atomic mass is 9.95. The van der Waals surface area contributed by atoms with Gasteiger partial charge in [-0.25, -0.2) is 0 Å². The van der Waals surface area contributed by atoms with Crippen molar-refractivity contribution < 1.29 is 4.74 Å². The second-order valence-corrected chi connectivity index (χ2v) is 6.05. The molecule has 120 valence electrons. The Balaban J connectivity index is 2.20. The molecule has 1 unspecified atom stereocenters. The molecule has 1 N–H and O–H groups in total. The average Bonchev–Trinajstić information content (AvgIpc) is 2.99. The summed E-state index contributed by atoms with van der Waals surface area (Å²) in [4.78, 5) is 5.72. The van der Waals surface area contributed by atoms with E-state index in [1.807, 2.05) is 12.1 Å². The lowest BCUT2D eigenvalue weighted by Crippen LogP contribution is -2.21. The molecule has 0 amide bonds. The van der Waals surface area contributed by atoms with E-state index in [2.05, 4.69) is 67.4 Å². The van der Waals surface area contributed by atoms with Crippen molar-refractivity contribution in [1.29, 1.82) is 0 Å². The van der Waals surface area contributed by atoms with Crippen molar-refractivity contribution in [3.8, 4) is 5.75 Å². The number of rotatable bonds is 5. The molecule has 3 heteroatoms. The van der Waals surface area contributed by atoms with Crippen LogP contribution < -0.4 is 4.74 Å². The molecular formula is C20H24N2O. The molecule has 3 nitrogen and oxygen atoms in total. The normalized spacial score (nSPS) is 12.7. The Morgan fingerprint density at radius 2 is 1.83 bits per heavy atom. The zero-order chi connectivity index (χ0) is 16.4. The molecule has 3 aromatic rings. The van der Waals surface area contributed by atoms with Crippen LogP contribution in [0.2, 0.25) is 0 Å². The molecule has 1 heterocycles. The smallest absolute Gasteiger partial charge is 0.123 e. The number of para-hydroxylation sites is 2.